The first-order valence-corrected chi connectivity index (χ1v) is 7.11. The van der Waals surface area contributed by atoms with Gasteiger partial charge in [-0.2, -0.15) is 0 Å². The zero-order valence-corrected chi connectivity index (χ0v) is 12.7. The van der Waals surface area contributed by atoms with Gasteiger partial charge in [-0.15, -0.1) is 0 Å². The van der Waals surface area contributed by atoms with Gasteiger partial charge in [0.1, 0.15) is 5.75 Å². The Balaban J connectivity index is 2.24. The number of likely N-dealkylation sites (N-methyl/N-ethyl adjacent to an activating group) is 1. The van der Waals surface area contributed by atoms with Gasteiger partial charge in [0.2, 0.25) is 0 Å². The molecule has 0 spiro atoms. The fourth-order valence-corrected chi connectivity index (χ4v) is 2.56. The molecule has 1 aromatic carbocycles. The highest BCUT2D eigenvalue weighted by atomic mass is 79.9. The van der Waals surface area contributed by atoms with Crippen LogP contribution >= 0.6 is 15.9 Å². The first kappa shape index (κ1) is 14.2. The molecule has 3 nitrogen and oxygen atoms in total. The van der Waals surface area contributed by atoms with Crippen molar-refractivity contribution in [2.75, 3.05) is 13.7 Å². The topological polar surface area (TPSA) is 34.4 Å². The summed E-state index contributed by atoms with van der Waals surface area (Å²) in [4.78, 5) is 0. The SMILES string of the molecule is CCNC(Cc1cc(Br)ccc1OC)c1ccoc1. The third-order valence-corrected chi connectivity index (χ3v) is 3.56. The molecule has 1 aromatic heterocycles. The van der Waals surface area contributed by atoms with E-state index in [1.807, 2.05) is 18.2 Å². The van der Waals surface area contributed by atoms with Crippen LogP contribution in [0.5, 0.6) is 5.75 Å². The fraction of sp³-hybridized carbons (Fsp3) is 0.333. The highest BCUT2D eigenvalue weighted by molar-refractivity contribution is 9.10. The van der Waals surface area contributed by atoms with E-state index < -0.39 is 0 Å². The Bertz CT molecular complexity index is 511. The third-order valence-electron chi connectivity index (χ3n) is 3.06. The lowest BCUT2D eigenvalue weighted by atomic mass is 10.0. The molecule has 1 unspecified atom stereocenters. The van der Waals surface area contributed by atoms with Crippen molar-refractivity contribution in [1.29, 1.82) is 0 Å². The van der Waals surface area contributed by atoms with Gasteiger partial charge in [-0.05, 0) is 42.8 Å². The molecule has 0 bridgehead atoms. The van der Waals surface area contributed by atoms with Crippen LogP contribution in [0.4, 0.5) is 0 Å². The van der Waals surface area contributed by atoms with Gasteiger partial charge in [0.15, 0.2) is 0 Å². The van der Waals surface area contributed by atoms with Gasteiger partial charge in [-0.3, -0.25) is 0 Å². The molecule has 0 aliphatic heterocycles. The van der Waals surface area contributed by atoms with Gasteiger partial charge < -0.3 is 14.5 Å². The Morgan fingerprint density at radius 1 is 1.37 bits per heavy atom. The molecular formula is C15H18BrNO2. The van der Waals surface area contributed by atoms with Gasteiger partial charge in [0, 0.05) is 16.1 Å². The molecule has 0 radical (unpaired) electrons. The van der Waals surface area contributed by atoms with E-state index in [9.17, 15) is 0 Å². The maximum atomic E-state index is 5.42. The number of nitrogens with one attached hydrogen (secondary N) is 1. The minimum absolute atomic E-state index is 0.229. The molecule has 0 amide bonds. The predicted octanol–water partition coefficient (Wildman–Crippen LogP) is 3.94. The molecule has 19 heavy (non-hydrogen) atoms. The maximum Gasteiger partial charge on any atom is 0.122 e. The summed E-state index contributed by atoms with van der Waals surface area (Å²) in [6.45, 7) is 3.01. The van der Waals surface area contributed by atoms with Crippen molar-refractivity contribution in [3.05, 3.63) is 52.4 Å². The summed E-state index contributed by atoms with van der Waals surface area (Å²) < 4.78 is 11.7. The molecule has 4 heteroatoms. The van der Waals surface area contributed by atoms with Crippen molar-refractivity contribution in [2.45, 2.75) is 19.4 Å². The highest BCUT2D eigenvalue weighted by Gasteiger charge is 2.15. The van der Waals surface area contributed by atoms with Gasteiger partial charge in [0.05, 0.1) is 19.6 Å². The summed E-state index contributed by atoms with van der Waals surface area (Å²) in [5.74, 6) is 0.912. The Labute approximate surface area is 122 Å². The Morgan fingerprint density at radius 2 is 2.21 bits per heavy atom. The second kappa shape index (κ2) is 6.78. The number of rotatable bonds is 6. The van der Waals surface area contributed by atoms with E-state index in [0.29, 0.717) is 0 Å². The minimum Gasteiger partial charge on any atom is -0.496 e. The van der Waals surface area contributed by atoms with Gasteiger partial charge in [0.25, 0.3) is 0 Å². The monoisotopic (exact) mass is 323 g/mol. The van der Waals surface area contributed by atoms with Crippen molar-refractivity contribution < 1.29 is 9.15 Å². The van der Waals surface area contributed by atoms with Crippen molar-refractivity contribution in [3.8, 4) is 5.75 Å². The molecule has 102 valence electrons. The standard InChI is InChI=1S/C15H18BrNO2/c1-3-17-14(11-6-7-19-10-11)9-12-8-13(16)4-5-15(12)18-2/h4-8,10,14,17H,3,9H2,1-2H3. The van der Waals surface area contributed by atoms with Crippen molar-refractivity contribution in [1.82, 2.24) is 5.32 Å². The smallest absolute Gasteiger partial charge is 0.122 e. The molecule has 0 aliphatic rings. The molecule has 0 aliphatic carbocycles. The van der Waals surface area contributed by atoms with Crippen LogP contribution in [0.25, 0.3) is 0 Å². The average molecular weight is 324 g/mol. The van der Waals surface area contributed by atoms with E-state index in [1.165, 1.54) is 5.56 Å². The van der Waals surface area contributed by atoms with Crippen LogP contribution in [-0.2, 0) is 6.42 Å². The summed E-state index contributed by atoms with van der Waals surface area (Å²) in [5.41, 5.74) is 2.33. The fourth-order valence-electron chi connectivity index (χ4n) is 2.15. The van der Waals surface area contributed by atoms with E-state index >= 15 is 0 Å². The molecule has 1 N–H and O–H groups in total. The zero-order chi connectivity index (χ0) is 13.7. The van der Waals surface area contributed by atoms with Gasteiger partial charge in [-0.1, -0.05) is 22.9 Å². The number of furan rings is 1. The molecule has 1 heterocycles. The molecule has 0 saturated heterocycles. The Morgan fingerprint density at radius 3 is 2.84 bits per heavy atom. The first-order chi connectivity index (χ1) is 9.24. The second-order valence-electron chi connectivity index (χ2n) is 4.33. The van der Waals surface area contributed by atoms with Crippen LogP contribution in [0, 0.1) is 0 Å². The van der Waals surface area contributed by atoms with Crippen LogP contribution < -0.4 is 10.1 Å². The number of methoxy groups -OCH3 is 1. The van der Waals surface area contributed by atoms with E-state index in [2.05, 4.69) is 34.2 Å². The van der Waals surface area contributed by atoms with Gasteiger partial charge >= 0.3 is 0 Å². The maximum absolute atomic E-state index is 5.42. The molecular weight excluding hydrogens is 306 g/mol. The lowest BCUT2D eigenvalue weighted by molar-refractivity contribution is 0.405. The first-order valence-electron chi connectivity index (χ1n) is 6.32. The summed E-state index contributed by atoms with van der Waals surface area (Å²) in [6, 6.07) is 8.30. The lowest BCUT2D eigenvalue weighted by Crippen LogP contribution is -2.22. The highest BCUT2D eigenvalue weighted by Crippen LogP contribution is 2.28. The number of halogens is 1. The largest absolute Gasteiger partial charge is 0.496 e. The summed E-state index contributed by atoms with van der Waals surface area (Å²) in [6.07, 6.45) is 4.35. The van der Waals surface area contributed by atoms with Crippen LogP contribution in [0.15, 0.2) is 45.7 Å². The van der Waals surface area contributed by atoms with Crippen molar-refractivity contribution in [3.63, 3.8) is 0 Å². The minimum atomic E-state index is 0.229. The van der Waals surface area contributed by atoms with Crippen LogP contribution in [0.1, 0.15) is 24.1 Å². The van der Waals surface area contributed by atoms with Crippen LogP contribution in [0.2, 0.25) is 0 Å². The van der Waals surface area contributed by atoms with Crippen molar-refractivity contribution >= 4 is 15.9 Å². The average Bonchev–Trinajstić information content (AvgIpc) is 2.92. The number of ether oxygens (including phenoxy) is 1. The summed E-state index contributed by atoms with van der Waals surface area (Å²) in [7, 11) is 1.70. The van der Waals surface area contributed by atoms with E-state index in [4.69, 9.17) is 9.15 Å². The number of benzene rings is 1. The number of hydrogen-bond donors (Lipinski definition) is 1. The summed E-state index contributed by atoms with van der Waals surface area (Å²) >= 11 is 3.51. The normalized spacial score (nSPS) is 12.4. The van der Waals surface area contributed by atoms with Crippen LogP contribution in [-0.4, -0.2) is 13.7 Å². The van der Waals surface area contributed by atoms with E-state index in [-0.39, 0.29) is 6.04 Å². The predicted molar refractivity (Wildman–Crippen MR) is 79.5 cm³/mol. The molecule has 2 rings (SSSR count). The quantitative estimate of drug-likeness (QED) is 0.874. The Hall–Kier alpha value is -1.26. The van der Waals surface area contributed by atoms with E-state index in [1.54, 1.807) is 19.6 Å². The molecule has 0 saturated carbocycles. The lowest BCUT2D eigenvalue weighted by Gasteiger charge is -2.18. The molecule has 0 fully saturated rings. The van der Waals surface area contributed by atoms with Crippen LogP contribution in [0.3, 0.4) is 0 Å². The van der Waals surface area contributed by atoms with Gasteiger partial charge in [-0.25, -0.2) is 0 Å². The Kier molecular flexibility index (Phi) is 5.05. The second-order valence-corrected chi connectivity index (χ2v) is 5.24. The zero-order valence-electron chi connectivity index (χ0n) is 11.2. The van der Waals surface area contributed by atoms with E-state index in [0.717, 1.165) is 28.8 Å². The third kappa shape index (κ3) is 3.61. The van der Waals surface area contributed by atoms with Crippen molar-refractivity contribution in [2.24, 2.45) is 0 Å². The molecule has 1 atom stereocenters. The number of hydrogen-bond acceptors (Lipinski definition) is 3. The summed E-state index contributed by atoms with van der Waals surface area (Å²) in [5, 5.41) is 3.47. The molecule has 2 aromatic rings.